The van der Waals surface area contributed by atoms with Gasteiger partial charge in [-0.3, -0.25) is 9.59 Å². The summed E-state index contributed by atoms with van der Waals surface area (Å²) >= 11 is 0. The van der Waals surface area contributed by atoms with Crippen molar-refractivity contribution in [3.8, 4) is 5.75 Å². The summed E-state index contributed by atoms with van der Waals surface area (Å²) in [5.74, 6) is -0.426. The van der Waals surface area contributed by atoms with Crippen LogP contribution in [0.2, 0.25) is 0 Å². The van der Waals surface area contributed by atoms with Crippen LogP contribution in [0.1, 0.15) is 6.42 Å². The quantitative estimate of drug-likeness (QED) is 0.866. The molecule has 1 aromatic rings. The van der Waals surface area contributed by atoms with Crippen molar-refractivity contribution in [3.63, 3.8) is 0 Å². The van der Waals surface area contributed by atoms with Crippen LogP contribution in [-0.4, -0.2) is 43.0 Å². The first-order chi connectivity index (χ1) is 9.04. The molecule has 1 aromatic carbocycles. The SMILES string of the molecule is CN1CC(NC(=O)COc2cccc(F)c2)CC1=O. The second-order valence-corrected chi connectivity index (χ2v) is 4.49. The molecule has 1 aliphatic heterocycles. The fraction of sp³-hybridized carbons (Fsp3) is 0.385. The number of likely N-dealkylation sites (N-methyl/N-ethyl adjacent to an activating group) is 1. The predicted molar refractivity (Wildman–Crippen MR) is 66.1 cm³/mol. The summed E-state index contributed by atoms with van der Waals surface area (Å²) in [6.07, 6.45) is 0.308. The molecule has 1 unspecified atom stereocenters. The molecule has 0 spiro atoms. The van der Waals surface area contributed by atoms with Gasteiger partial charge in [-0.2, -0.15) is 0 Å². The largest absolute Gasteiger partial charge is 0.484 e. The Morgan fingerprint density at radius 3 is 3.00 bits per heavy atom. The van der Waals surface area contributed by atoms with E-state index in [0.717, 1.165) is 0 Å². The Balaban J connectivity index is 1.78. The summed E-state index contributed by atoms with van der Waals surface area (Å²) < 4.78 is 18.0. The van der Waals surface area contributed by atoms with E-state index in [4.69, 9.17) is 4.74 Å². The van der Waals surface area contributed by atoms with Crippen LogP contribution in [0.25, 0.3) is 0 Å². The fourth-order valence-corrected chi connectivity index (χ4v) is 1.94. The minimum Gasteiger partial charge on any atom is -0.484 e. The van der Waals surface area contributed by atoms with Gasteiger partial charge < -0.3 is 15.0 Å². The van der Waals surface area contributed by atoms with E-state index in [1.807, 2.05) is 0 Å². The lowest BCUT2D eigenvalue weighted by Gasteiger charge is -2.12. The number of ether oxygens (including phenoxy) is 1. The first-order valence-electron chi connectivity index (χ1n) is 5.96. The number of halogens is 1. The Hall–Kier alpha value is -2.11. The number of carbonyl (C=O) groups excluding carboxylic acids is 2. The zero-order valence-corrected chi connectivity index (χ0v) is 10.6. The molecule has 1 fully saturated rings. The molecule has 5 nitrogen and oxygen atoms in total. The van der Waals surface area contributed by atoms with E-state index in [9.17, 15) is 14.0 Å². The molecule has 1 atom stereocenters. The van der Waals surface area contributed by atoms with Gasteiger partial charge in [-0.1, -0.05) is 6.07 Å². The van der Waals surface area contributed by atoms with Crippen LogP contribution < -0.4 is 10.1 Å². The maximum atomic E-state index is 12.9. The average Bonchev–Trinajstić information content (AvgIpc) is 2.66. The number of rotatable bonds is 4. The van der Waals surface area contributed by atoms with Gasteiger partial charge in [-0.05, 0) is 12.1 Å². The second-order valence-electron chi connectivity index (χ2n) is 4.49. The molecule has 0 aromatic heterocycles. The van der Waals surface area contributed by atoms with E-state index in [0.29, 0.717) is 18.7 Å². The molecule has 102 valence electrons. The van der Waals surface area contributed by atoms with Crippen molar-refractivity contribution >= 4 is 11.8 Å². The second kappa shape index (κ2) is 5.69. The summed E-state index contributed by atoms with van der Waals surface area (Å²) in [6.45, 7) is 0.308. The molecular formula is C13H15FN2O3. The van der Waals surface area contributed by atoms with Crippen molar-refractivity contribution in [2.75, 3.05) is 20.2 Å². The summed E-state index contributed by atoms with van der Waals surface area (Å²) in [5, 5.41) is 2.70. The maximum absolute atomic E-state index is 12.9. The predicted octanol–water partition coefficient (Wildman–Crippen LogP) is 0.551. The van der Waals surface area contributed by atoms with Crippen LogP contribution in [0.5, 0.6) is 5.75 Å². The summed E-state index contributed by atoms with van der Waals surface area (Å²) in [6, 6.07) is 5.41. The Bertz CT molecular complexity index is 493. The molecule has 0 aliphatic carbocycles. The highest BCUT2D eigenvalue weighted by Crippen LogP contribution is 2.12. The zero-order chi connectivity index (χ0) is 13.8. The van der Waals surface area contributed by atoms with E-state index in [-0.39, 0.29) is 24.5 Å². The third kappa shape index (κ3) is 3.67. The van der Waals surface area contributed by atoms with Gasteiger partial charge in [0, 0.05) is 26.1 Å². The zero-order valence-electron chi connectivity index (χ0n) is 10.6. The lowest BCUT2D eigenvalue weighted by atomic mass is 10.2. The van der Waals surface area contributed by atoms with E-state index in [1.165, 1.54) is 18.2 Å². The van der Waals surface area contributed by atoms with Crippen LogP contribution >= 0.6 is 0 Å². The van der Waals surface area contributed by atoms with Crippen LogP contribution in [0.15, 0.2) is 24.3 Å². The number of amides is 2. The molecule has 0 saturated carbocycles. The van der Waals surface area contributed by atoms with E-state index >= 15 is 0 Å². The van der Waals surface area contributed by atoms with Gasteiger partial charge in [0.25, 0.3) is 5.91 Å². The van der Waals surface area contributed by atoms with Crippen molar-refractivity contribution < 1.29 is 18.7 Å². The van der Waals surface area contributed by atoms with Gasteiger partial charge in [0.2, 0.25) is 5.91 Å². The van der Waals surface area contributed by atoms with Gasteiger partial charge in [-0.15, -0.1) is 0 Å². The Morgan fingerprint density at radius 1 is 1.58 bits per heavy atom. The topological polar surface area (TPSA) is 58.6 Å². The van der Waals surface area contributed by atoms with Crippen molar-refractivity contribution in [1.82, 2.24) is 10.2 Å². The smallest absolute Gasteiger partial charge is 0.258 e. The monoisotopic (exact) mass is 266 g/mol. The third-order valence-electron chi connectivity index (χ3n) is 2.87. The molecular weight excluding hydrogens is 251 g/mol. The number of carbonyl (C=O) groups is 2. The molecule has 1 saturated heterocycles. The number of hydrogen-bond acceptors (Lipinski definition) is 3. The molecule has 19 heavy (non-hydrogen) atoms. The normalized spacial score (nSPS) is 18.5. The van der Waals surface area contributed by atoms with Gasteiger partial charge in [0.05, 0.1) is 6.04 Å². The third-order valence-corrected chi connectivity index (χ3v) is 2.87. The first kappa shape index (κ1) is 13.3. The van der Waals surface area contributed by atoms with Crippen molar-refractivity contribution in [3.05, 3.63) is 30.1 Å². The average molecular weight is 266 g/mol. The first-order valence-corrected chi connectivity index (χ1v) is 5.96. The number of likely N-dealkylation sites (tertiary alicyclic amines) is 1. The maximum Gasteiger partial charge on any atom is 0.258 e. The lowest BCUT2D eigenvalue weighted by molar-refractivity contribution is -0.126. The van der Waals surface area contributed by atoms with Crippen LogP contribution in [-0.2, 0) is 9.59 Å². The highest BCUT2D eigenvalue weighted by atomic mass is 19.1. The van der Waals surface area contributed by atoms with Crippen LogP contribution in [0.4, 0.5) is 4.39 Å². The lowest BCUT2D eigenvalue weighted by Crippen LogP contribution is -2.39. The molecule has 2 amide bonds. The van der Waals surface area contributed by atoms with Crippen LogP contribution in [0, 0.1) is 5.82 Å². The molecule has 0 radical (unpaired) electrons. The minimum absolute atomic E-state index is 0.0105. The van der Waals surface area contributed by atoms with Crippen molar-refractivity contribution in [2.45, 2.75) is 12.5 Å². The van der Waals surface area contributed by atoms with Gasteiger partial charge >= 0.3 is 0 Å². The summed E-state index contributed by atoms with van der Waals surface area (Å²) in [5.41, 5.74) is 0. The van der Waals surface area contributed by atoms with Gasteiger partial charge in [0.1, 0.15) is 11.6 Å². The number of nitrogens with zero attached hydrogens (tertiary/aromatic N) is 1. The van der Waals surface area contributed by atoms with Crippen molar-refractivity contribution in [1.29, 1.82) is 0 Å². The van der Waals surface area contributed by atoms with Crippen LogP contribution in [0.3, 0.4) is 0 Å². The van der Waals surface area contributed by atoms with E-state index in [1.54, 1.807) is 18.0 Å². The highest BCUT2D eigenvalue weighted by molar-refractivity contribution is 5.82. The molecule has 1 heterocycles. The summed E-state index contributed by atoms with van der Waals surface area (Å²) in [7, 11) is 1.69. The standard InChI is InChI=1S/C13H15FN2O3/c1-16-7-10(6-13(16)18)15-12(17)8-19-11-4-2-3-9(14)5-11/h2-5,10H,6-8H2,1H3,(H,15,17). The minimum atomic E-state index is -0.416. The molecule has 1 aliphatic rings. The number of hydrogen-bond donors (Lipinski definition) is 1. The van der Waals surface area contributed by atoms with E-state index in [2.05, 4.69) is 5.32 Å². The molecule has 1 N–H and O–H groups in total. The molecule has 6 heteroatoms. The number of benzene rings is 1. The van der Waals surface area contributed by atoms with E-state index < -0.39 is 5.82 Å². The Labute approximate surface area is 110 Å². The Morgan fingerprint density at radius 2 is 2.37 bits per heavy atom. The highest BCUT2D eigenvalue weighted by Gasteiger charge is 2.27. The summed E-state index contributed by atoms with van der Waals surface area (Å²) in [4.78, 5) is 24.5. The molecule has 0 bridgehead atoms. The molecule has 2 rings (SSSR count). The Kier molecular flexibility index (Phi) is 3.99. The van der Waals surface area contributed by atoms with Crippen molar-refractivity contribution in [2.24, 2.45) is 0 Å². The van der Waals surface area contributed by atoms with Gasteiger partial charge in [0.15, 0.2) is 6.61 Å². The fourth-order valence-electron chi connectivity index (χ4n) is 1.94. The number of nitrogens with one attached hydrogen (secondary N) is 1. The van der Waals surface area contributed by atoms with Gasteiger partial charge in [-0.25, -0.2) is 4.39 Å².